The van der Waals surface area contributed by atoms with Crippen molar-refractivity contribution in [2.24, 2.45) is 0 Å². The summed E-state index contributed by atoms with van der Waals surface area (Å²) in [6.45, 7) is 0. The van der Waals surface area contributed by atoms with Crippen molar-refractivity contribution < 1.29 is 4.79 Å². The second-order valence-corrected chi connectivity index (χ2v) is 4.28. The highest BCUT2D eigenvalue weighted by Crippen LogP contribution is 2.17. The van der Waals surface area contributed by atoms with Gasteiger partial charge in [-0.2, -0.15) is 0 Å². The predicted molar refractivity (Wildman–Crippen MR) is 75.6 cm³/mol. The molecule has 0 unspecified atom stereocenters. The highest BCUT2D eigenvalue weighted by Gasteiger charge is 2.18. The van der Waals surface area contributed by atoms with Crippen molar-refractivity contribution in [2.45, 2.75) is 0 Å². The molecule has 0 amide bonds. The molecule has 0 fully saturated rings. The Morgan fingerprint density at radius 1 is 1.00 bits per heavy atom. The minimum atomic E-state index is -0.197. The molecule has 1 aromatic heterocycles. The molecule has 0 saturated carbocycles. The first-order valence-electron chi connectivity index (χ1n) is 6.12. The van der Waals surface area contributed by atoms with Crippen molar-refractivity contribution in [3.8, 4) is 5.69 Å². The molecule has 2 aromatic carbocycles. The lowest BCUT2D eigenvalue weighted by molar-refractivity contribution is 0.103. The number of nitrogens with two attached hydrogens (primary N) is 1. The van der Waals surface area contributed by atoms with Gasteiger partial charge in [0.1, 0.15) is 5.69 Å². The molecular formula is C15H12N4O. The zero-order valence-electron chi connectivity index (χ0n) is 10.6. The number of nitrogens with zero attached hydrogens (tertiary/aromatic N) is 3. The fraction of sp³-hybridized carbons (Fsp3) is 0. The molecule has 0 saturated heterocycles. The van der Waals surface area contributed by atoms with Gasteiger partial charge in [0, 0.05) is 11.3 Å². The number of benzene rings is 2. The fourth-order valence-corrected chi connectivity index (χ4v) is 1.99. The number of ketones is 1. The Labute approximate surface area is 115 Å². The molecule has 3 rings (SSSR count). The molecule has 3 aromatic rings. The normalized spacial score (nSPS) is 10.4. The number of carbonyl (C=O) groups excluding carboxylic acids is 1. The largest absolute Gasteiger partial charge is 0.398 e. The number of nitrogen functional groups attached to an aromatic ring is 1. The molecule has 0 spiro atoms. The molecule has 2 N–H and O–H groups in total. The van der Waals surface area contributed by atoms with E-state index in [9.17, 15) is 4.79 Å². The second kappa shape index (κ2) is 4.97. The lowest BCUT2D eigenvalue weighted by Gasteiger charge is -2.06. The van der Waals surface area contributed by atoms with Crippen LogP contribution in [0.4, 0.5) is 5.69 Å². The van der Waals surface area contributed by atoms with Crippen LogP contribution in [0.25, 0.3) is 5.69 Å². The van der Waals surface area contributed by atoms with E-state index in [4.69, 9.17) is 5.73 Å². The molecular weight excluding hydrogens is 252 g/mol. The van der Waals surface area contributed by atoms with Gasteiger partial charge in [0.15, 0.2) is 0 Å². The van der Waals surface area contributed by atoms with E-state index in [0.29, 0.717) is 16.9 Å². The van der Waals surface area contributed by atoms with Gasteiger partial charge in [-0.15, -0.1) is 5.10 Å². The third-order valence-corrected chi connectivity index (χ3v) is 2.99. The van der Waals surface area contributed by atoms with Gasteiger partial charge in [0.2, 0.25) is 5.78 Å². The lowest BCUT2D eigenvalue weighted by Crippen LogP contribution is -2.11. The van der Waals surface area contributed by atoms with Crippen LogP contribution >= 0.6 is 0 Å². The number of hydrogen-bond donors (Lipinski definition) is 1. The molecule has 5 heteroatoms. The average molecular weight is 264 g/mol. The summed E-state index contributed by atoms with van der Waals surface area (Å²) in [5.74, 6) is -0.197. The maximum absolute atomic E-state index is 12.5. The zero-order valence-corrected chi connectivity index (χ0v) is 10.6. The highest BCUT2D eigenvalue weighted by atomic mass is 16.1. The van der Waals surface area contributed by atoms with Crippen LogP contribution in [0, 0.1) is 0 Å². The maximum atomic E-state index is 12.5. The Bertz CT molecular complexity index is 749. The average Bonchev–Trinajstić information content (AvgIpc) is 2.97. The molecule has 20 heavy (non-hydrogen) atoms. The summed E-state index contributed by atoms with van der Waals surface area (Å²) in [4.78, 5) is 12.5. The number of carbonyl (C=O) groups is 1. The number of aromatic nitrogens is 3. The van der Waals surface area contributed by atoms with E-state index in [2.05, 4.69) is 10.3 Å². The van der Waals surface area contributed by atoms with E-state index < -0.39 is 0 Å². The summed E-state index contributed by atoms with van der Waals surface area (Å²) in [5.41, 5.74) is 7.90. The van der Waals surface area contributed by atoms with Gasteiger partial charge in [-0.1, -0.05) is 35.5 Å². The summed E-state index contributed by atoms with van der Waals surface area (Å²) >= 11 is 0. The lowest BCUT2D eigenvalue weighted by atomic mass is 10.1. The molecule has 1 heterocycles. The summed E-state index contributed by atoms with van der Waals surface area (Å²) in [5, 5.41) is 7.79. The van der Waals surface area contributed by atoms with Crippen molar-refractivity contribution >= 4 is 11.5 Å². The van der Waals surface area contributed by atoms with Crippen LogP contribution in [0.5, 0.6) is 0 Å². The van der Waals surface area contributed by atoms with E-state index >= 15 is 0 Å². The van der Waals surface area contributed by atoms with Gasteiger partial charge in [-0.25, -0.2) is 4.68 Å². The van der Waals surface area contributed by atoms with Crippen molar-refractivity contribution in [1.82, 2.24) is 15.0 Å². The number of para-hydroxylation sites is 2. The van der Waals surface area contributed by atoms with E-state index in [0.717, 1.165) is 5.69 Å². The molecule has 0 aliphatic heterocycles. The van der Waals surface area contributed by atoms with Crippen LogP contribution in [-0.2, 0) is 0 Å². The van der Waals surface area contributed by atoms with Crippen molar-refractivity contribution in [2.75, 3.05) is 5.73 Å². The Morgan fingerprint density at radius 3 is 2.45 bits per heavy atom. The molecule has 98 valence electrons. The van der Waals surface area contributed by atoms with Crippen LogP contribution in [0.1, 0.15) is 16.1 Å². The molecule has 5 nitrogen and oxygen atoms in total. The zero-order chi connectivity index (χ0) is 13.9. The second-order valence-electron chi connectivity index (χ2n) is 4.28. The van der Waals surface area contributed by atoms with E-state index in [1.807, 2.05) is 30.3 Å². The van der Waals surface area contributed by atoms with Crippen molar-refractivity contribution in [3.05, 3.63) is 72.1 Å². The van der Waals surface area contributed by atoms with Crippen LogP contribution in [0.2, 0.25) is 0 Å². The Hall–Kier alpha value is -2.95. The third kappa shape index (κ3) is 2.05. The Balaban J connectivity index is 2.07. The third-order valence-electron chi connectivity index (χ3n) is 2.99. The van der Waals surface area contributed by atoms with Crippen molar-refractivity contribution in [3.63, 3.8) is 0 Å². The molecule has 0 bridgehead atoms. The van der Waals surface area contributed by atoms with E-state index in [1.165, 1.54) is 10.9 Å². The van der Waals surface area contributed by atoms with E-state index in [1.54, 1.807) is 24.3 Å². The van der Waals surface area contributed by atoms with Gasteiger partial charge in [0.05, 0.1) is 11.9 Å². The summed E-state index contributed by atoms with van der Waals surface area (Å²) < 4.78 is 1.51. The fourth-order valence-electron chi connectivity index (χ4n) is 1.99. The van der Waals surface area contributed by atoms with Crippen LogP contribution < -0.4 is 5.73 Å². The van der Waals surface area contributed by atoms with Gasteiger partial charge >= 0.3 is 0 Å². The molecule has 0 aliphatic carbocycles. The van der Waals surface area contributed by atoms with Crippen LogP contribution in [0.3, 0.4) is 0 Å². The highest BCUT2D eigenvalue weighted by molar-refractivity contribution is 6.11. The first-order valence-corrected chi connectivity index (χ1v) is 6.12. The van der Waals surface area contributed by atoms with Gasteiger partial charge in [-0.05, 0) is 24.3 Å². The first-order chi connectivity index (χ1) is 9.77. The van der Waals surface area contributed by atoms with E-state index in [-0.39, 0.29) is 5.78 Å². The number of rotatable bonds is 3. The summed E-state index contributed by atoms with van der Waals surface area (Å²) in [6, 6.07) is 16.3. The Kier molecular flexibility index (Phi) is 3.01. The van der Waals surface area contributed by atoms with Gasteiger partial charge in [-0.3, -0.25) is 4.79 Å². The van der Waals surface area contributed by atoms with Crippen molar-refractivity contribution in [1.29, 1.82) is 0 Å². The van der Waals surface area contributed by atoms with Gasteiger partial charge < -0.3 is 5.73 Å². The number of anilines is 1. The minimum absolute atomic E-state index is 0.197. The molecule has 0 radical (unpaired) electrons. The minimum Gasteiger partial charge on any atom is -0.398 e. The molecule has 0 aliphatic rings. The standard InChI is InChI=1S/C15H12N4O/c16-13-9-5-4-8-12(13)15(20)14-10-17-18-19(14)11-6-2-1-3-7-11/h1-10H,16H2. The quantitative estimate of drug-likeness (QED) is 0.580. The smallest absolute Gasteiger partial charge is 0.215 e. The predicted octanol–water partition coefficient (Wildman–Crippen LogP) is 2.08. The summed E-state index contributed by atoms with van der Waals surface area (Å²) in [6.07, 6.45) is 1.45. The monoisotopic (exact) mass is 264 g/mol. The molecule has 0 atom stereocenters. The maximum Gasteiger partial charge on any atom is 0.215 e. The van der Waals surface area contributed by atoms with Gasteiger partial charge in [0.25, 0.3) is 0 Å². The Morgan fingerprint density at radius 2 is 1.70 bits per heavy atom. The first kappa shape index (κ1) is 12.1. The SMILES string of the molecule is Nc1ccccc1C(=O)c1cnnn1-c1ccccc1. The van der Waals surface area contributed by atoms with Crippen LogP contribution in [-0.4, -0.2) is 20.8 Å². The topological polar surface area (TPSA) is 73.8 Å². The summed E-state index contributed by atoms with van der Waals surface area (Å²) in [7, 11) is 0. The van der Waals surface area contributed by atoms with Crippen LogP contribution in [0.15, 0.2) is 60.8 Å². The number of hydrogen-bond acceptors (Lipinski definition) is 4.